The summed E-state index contributed by atoms with van der Waals surface area (Å²) < 4.78 is 5.83. The molecule has 0 spiro atoms. The lowest BCUT2D eigenvalue weighted by molar-refractivity contribution is -0.126. The molecule has 0 aliphatic carbocycles. The van der Waals surface area contributed by atoms with Gasteiger partial charge in [0, 0.05) is 44.6 Å². The molecule has 0 aromatic carbocycles. The highest BCUT2D eigenvalue weighted by molar-refractivity contribution is 5.83. The maximum absolute atomic E-state index is 11.9. The van der Waals surface area contributed by atoms with Crippen molar-refractivity contribution in [2.45, 2.75) is 85.7 Å². The summed E-state index contributed by atoms with van der Waals surface area (Å²) in [6, 6.07) is 0. The van der Waals surface area contributed by atoms with Gasteiger partial charge in [-0.1, -0.05) is 40.0 Å². The molecule has 0 aromatic heterocycles. The fourth-order valence-electron chi connectivity index (χ4n) is 3.24. The zero-order valence-electron chi connectivity index (χ0n) is 18.4. The lowest BCUT2D eigenvalue weighted by Crippen LogP contribution is -2.47. The van der Waals surface area contributed by atoms with Gasteiger partial charge in [-0.05, 0) is 40.2 Å². The maximum atomic E-state index is 11.9. The van der Waals surface area contributed by atoms with Crippen LogP contribution < -0.4 is 0 Å². The first-order valence-corrected chi connectivity index (χ1v) is 10.7. The average Bonchev–Trinajstić information content (AvgIpc) is 2.53. The van der Waals surface area contributed by atoms with E-state index in [9.17, 15) is 4.79 Å². The van der Waals surface area contributed by atoms with Crippen LogP contribution in [0.5, 0.6) is 0 Å². The van der Waals surface area contributed by atoms with Gasteiger partial charge in [-0.15, -0.1) is 0 Å². The number of ether oxygens (including phenoxy) is 1. The first-order valence-electron chi connectivity index (χ1n) is 10.7. The van der Waals surface area contributed by atoms with Crippen molar-refractivity contribution in [2.24, 2.45) is 5.41 Å². The number of hydrogen-bond donors (Lipinski definition) is 0. The minimum Gasteiger partial charge on any atom is -0.375 e. The van der Waals surface area contributed by atoms with Crippen molar-refractivity contribution < 1.29 is 9.53 Å². The predicted molar refractivity (Wildman–Crippen MR) is 111 cm³/mol. The fraction of sp³-hybridized carbons (Fsp3) is 0.955. The summed E-state index contributed by atoms with van der Waals surface area (Å²) in [6.07, 6.45) is 6.87. The molecule has 4 heteroatoms. The van der Waals surface area contributed by atoms with Crippen molar-refractivity contribution in [1.29, 1.82) is 0 Å². The predicted octanol–water partition coefficient (Wildman–Crippen LogP) is 4.37. The number of nitrogens with zero attached hydrogens (tertiary/aromatic N) is 2. The average molecular weight is 369 g/mol. The Hall–Kier alpha value is -0.450. The molecular weight excluding hydrogens is 324 g/mol. The summed E-state index contributed by atoms with van der Waals surface area (Å²) in [7, 11) is 0. The highest BCUT2D eigenvalue weighted by atomic mass is 16.5. The van der Waals surface area contributed by atoms with E-state index in [-0.39, 0.29) is 11.0 Å². The van der Waals surface area contributed by atoms with Gasteiger partial charge in [0.1, 0.15) is 5.78 Å². The Labute approximate surface area is 162 Å². The van der Waals surface area contributed by atoms with Crippen LogP contribution in [0.2, 0.25) is 0 Å². The van der Waals surface area contributed by atoms with Gasteiger partial charge in [-0.3, -0.25) is 9.69 Å². The van der Waals surface area contributed by atoms with Crippen LogP contribution in [-0.2, 0) is 9.53 Å². The van der Waals surface area contributed by atoms with Gasteiger partial charge in [0.25, 0.3) is 0 Å². The molecule has 0 amide bonds. The molecule has 0 unspecified atom stereocenters. The van der Waals surface area contributed by atoms with Gasteiger partial charge < -0.3 is 9.64 Å². The summed E-state index contributed by atoms with van der Waals surface area (Å²) in [5.74, 6) is 0.406. The van der Waals surface area contributed by atoms with Crippen LogP contribution in [0.1, 0.15) is 80.1 Å². The minimum atomic E-state index is -0.166. The van der Waals surface area contributed by atoms with Gasteiger partial charge in [-0.25, -0.2) is 0 Å². The van der Waals surface area contributed by atoms with E-state index in [0.717, 1.165) is 26.0 Å². The van der Waals surface area contributed by atoms with Crippen LogP contribution >= 0.6 is 0 Å². The summed E-state index contributed by atoms with van der Waals surface area (Å²) >= 11 is 0. The Morgan fingerprint density at radius 1 is 0.769 bits per heavy atom. The van der Waals surface area contributed by atoms with Gasteiger partial charge in [0.05, 0.1) is 12.2 Å². The van der Waals surface area contributed by atoms with Crippen LogP contribution in [0.3, 0.4) is 0 Å². The van der Waals surface area contributed by atoms with E-state index in [2.05, 4.69) is 30.6 Å². The molecule has 1 aliphatic heterocycles. The molecule has 0 bridgehead atoms. The molecule has 0 N–H and O–H groups in total. The van der Waals surface area contributed by atoms with E-state index < -0.39 is 0 Å². The van der Waals surface area contributed by atoms with Crippen molar-refractivity contribution in [3.63, 3.8) is 0 Å². The Balaban J connectivity index is 1.96. The van der Waals surface area contributed by atoms with E-state index in [4.69, 9.17) is 4.74 Å². The molecule has 0 radical (unpaired) electrons. The monoisotopic (exact) mass is 368 g/mol. The second-order valence-electron chi connectivity index (χ2n) is 9.84. The van der Waals surface area contributed by atoms with Gasteiger partial charge in [0.15, 0.2) is 0 Å². The summed E-state index contributed by atoms with van der Waals surface area (Å²) in [6.45, 7) is 20.3. The normalized spacial score (nSPS) is 17.6. The number of unbranched alkanes of at least 4 members (excludes halogenated alkanes) is 4. The van der Waals surface area contributed by atoms with Crippen LogP contribution in [0.25, 0.3) is 0 Å². The zero-order chi connectivity index (χ0) is 19.6. The highest BCUT2D eigenvalue weighted by Crippen LogP contribution is 2.19. The van der Waals surface area contributed by atoms with E-state index in [1.165, 1.54) is 58.4 Å². The third-order valence-electron chi connectivity index (χ3n) is 5.12. The lowest BCUT2D eigenvalue weighted by atomic mass is 9.88. The lowest BCUT2D eigenvalue weighted by Gasteiger charge is -2.35. The quantitative estimate of drug-likeness (QED) is 0.507. The van der Waals surface area contributed by atoms with Gasteiger partial charge in [-0.2, -0.15) is 0 Å². The Kier molecular flexibility index (Phi) is 10.3. The number of rotatable bonds is 11. The molecule has 0 saturated carbocycles. The zero-order valence-corrected chi connectivity index (χ0v) is 18.4. The molecular formula is C22H44N2O2. The fourth-order valence-corrected chi connectivity index (χ4v) is 3.24. The molecule has 1 rings (SSSR count). The first kappa shape index (κ1) is 23.6. The summed E-state index contributed by atoms with van der Waals surface area (Å²) in [4.78, 5) is 17.0. The number of carbonyl (C=O) groups excluding carboxylic acids is 1. The minimum absolute atomic E-state index is 0.0259. The van der Waals surface area contributed by atoms with E-state index >= 15 is 0 Å². The van der Waals surface area contributed by atoms with Crippen LogP contribution in [0, 0.1) is 5.41 Å². The topological polar surface area (TPSA) is 32.8 Å². The number of ketones is 1. The Morgan fingerprint density at radius 3 is 1.81 bits per heavy atom. The smallest absolute Gasteiger partial charge is 0.138 e. The highest BCUT2D eigenvalue weighted by Gasteiger charge is 2.20. The Morgan fingerprint density at radius 2 is 1.27 bits per heavy atom. The molecule has 4 nitrogen and oxygen atoms in total. The van der Waals surface area contributed by atoms with Crippen LogP contribution in [0.15, 0.2) is 0 Å². The van der Waals surface area contributed by atoms with Crippen molar-refractivity contribution in [2.75, 3.05) is 45.9 Å². The number of Topliss-reactive ketones (excluding diaryl/α,β-unsaturated/α-hetero) is 1. The van der Waals surface area contributed by atoms with E-state index in [0.29, 0.717) is 5.78 Å². The number of carbonyl (C=O) groups is 1. The second kappa shape index (κ2) is 11.4. The number of piperazine rings is 1. The molecule has 0 aromatic rings. The van der Waals surface area contributed by atoms with Crippen molar-refractivity contribution >= 4 is 5.78 Å². The van der Waals surface area contributed by atoms with Crippen LogP contribution in [0.4, 0.5) is 0 Å². The summed E-state index contributed by atoms with van der Waals surface area (Å²) in [5, 5.41) is 0. The molecule has 1 heterocycles. The van der Waals surface area contributed by atoms with Crippen molar-refractivity contribution in [1.82, 2.24) is 9.80 Å². The van der Waals surface area contributed by atoms with Crippen molar-refractivity contribution in [3.8, 4) is 0 Å². The SMILES string of the molecule is CC(C)(C)OCCN1CCN(CCCCCCCC(=O)C(C)(C)C)CC1. The van der Waals surface area contributed by atoms with Gasteiger partial charge >= 0.3 is 0 Å². The molecule has 154 valence electrons. The number of hydrogen-bond acceptors (Lipinski definition) is 4. The molecule has 1 aliphatic rings. The molecule has 1 saturated heterocycles. The second-order valence-corrected chi connectivity index (χ2v) is 9.84. The Bertz CT molecular complexity index is 388. The maximum Gasteiger partial charge on any atom is 0.138 e. The third-order valence-corrected chi connectivity index (χ3v) is 5.12. The third kappa shape index (κ3) is 11.3. The summed E-state index contributed by atoms with van der Waals surface area (Å²) in [5.41, 5.74) is -0.192. The molecule has 26 heavy (non-hydrogen) atoms. The largest absolute Gasteiger partial charge is 0.375 e. The van der Waals surface area contributed by atoms with Crippen molar-refractivity contribution in [3.05, 3.63) is 0 Å². The molecule has 0 atom stereocenters. The van der Waals surface area contributed by atoms with Gasteiger partial charge in [0.2, 0.25) is 0 Å². The van der Waals surface area contributed by atoms with Crippen LogP contribution in [-0.4, -0.2) is 67.1 Å². The first-order chi connectivity index (χ1) is 12.1. The molecule has 1 fully saturated rings. The standard InChI is InChI=1S/C22H44N2O2/c1-21(2,3)20(25)12-10-8-7-9-11-13-23-14-16-24(17-15-23)18-19-26-22(4,5)6/h7-19H2,1-6H3. The van der Waals surface area contributed by atoms with E-state index in [1.54, 1.807) is 0 Å². The van der Waals surface area contributed by atoms with E-state index in [1.807, 2.05) is 20.8 Å².